The molecule has 1 N–H and O–H groups in total. The molecule has 2 rings (SSSR count). The van der Waals surface area contributed by atoms with Crippen LogP contribution in [0.15, 0.2) is 10.8 Å². The molecule has 1 aromatic rings. The molecular weight excluding hydrogens is 142 g/mol. The summed E-state index contributed by atoms with van der Waals surface area (Å²) >= 11 is 1.84. The van der Waals surface area contributed by atoms with Crippen molar-refractivity contribution in [1.82, 2.24) is 5.32 Å². The highest BCUT2D eigenvalue weighted by Gasteiger charge is 2.06. The topological polar surface area (TPSA) is 12.0 Å². The summed E-state index contributed by atoms with van der Waals surface area (Å²) in [6.07, 6.45) is 2.44. The normalized spacial score (nSPS) is 18.0. The Balaban J connectivity index is 2.28. The second-order valence-corrected chi connectivity index (χ2v) is 3.42. The molecule has 0 saturated heterocycles. The Bertz CT molecular complexity index is 196. The van der Waals surface area contributed by atoms with Crippen LogP contribution < -0.4 is 5.32 Å². The lowest BCUT2D eigenvalue weighted by Gasteiger charge is -1.93. The number of thiophene rings is 1. The van der Waals surface area contributed by atoms with Gasteiger partial charge in [-0.2, -0.15) is 11.3 Å². The number of hydrogen-bond acceptors (Lipinski definition) is 2. The summed E-state index contributed by atoms with van der Waals surface area (Å²) in [5.41, 5.74) is 3.13. The first-order valence-electron chi connectivity index (χ1n) is 3.71. The predicted octanol–water partition coefficient (Wildman–Crippen LogP) is 1.44. The molecule has 54 valence electrons. The van der Waals surface area contributed by atoms with E-state index in [9.17, 15) is 0 Å². The monoisotopic (exact) mass is 153 g/mol. The summed E-state index contributed by atoms with van der Waals surface area (Å²) in [7, 11) is 0. The highest BCUT2D eigenvalue weighted by atomic mass is 32.1. The van der Waals surface area contributed by atoms with E-state index in [2.05, 4.69) is 16.1 Å². The fraction of sp³-hybridized carbons (Fsp3) is 0.500. The molecule has 0 aliphatic carbocycles. The van der Waals surface area contributed by atoms with Crippen molar-refractivity contribution in [2.24, 2.45) is 0 Å². The Labute approximate surface area is 65.1 Å². The van der Waals surface area contributed by atoms with E-state index in [-0.39, 0.29) is 0 Å². The molecule has 2 heteroatoms. The van der Waals surface area contributed by atoms with E-state index in [1.807, 2.05) is 11.3 Å². The van der Waals surface area contributed by atoms with Crippen molar-refractivity contribution < 1.29 is 0 Å². The van der Waals surface area contributed by atoms with Crippen LogP contribution in [-0.2, 0) is 12.8 Å². The van der Waals surface area contributed by atoms with Gasteiger partial charge in [-0.25, -0.2) is 0 Å². The van der Waals surface area contributed by atoms with Gasteiger partial charge in [-0.3, -0.25) is 0 Å². The van der Waals surface area contributed by atoms with Crippen LogP contribution in [0, 0.1) is 0 Å². The molecular formula is C8H11NS. The van der Waals surface area contributed by atoms with Gasteiger partial charge < -0.3 is 5.32 Å². The summed E-state index contributed by atoms with van der Waals surface area (Å²) < 4.78 is 0. The van der Waals surface area contributed by atoms with Crippen molar-refractivity contribution in [2.75, 3.05) is 13.1 Å². The minimum atomic E-state index is 1.16. The molecule has 0 radical (unpaired) electrons. The van der Waals surface area contributed by atoms with Gasteiger partial charge in [0.25, 0.3) is 0 Å². The van der Waals surface area contributed by atoms with Gasteiger partial charge in [0.2, 0.25) is 0 Å². The average molecular weight is 153 g/mol. The van der Waals surface area contributed by atoms with Gasteiger partial charge in [-0.15, -0.1) is 0 Å². The quantitative estimate of drug-likeness (QED) is 0.594. The van der Waals surface area contributed by atoms with Crippen molar-refractivity contribution in [1.29, 1.82) is 0 Å². The molecule has 0 fully saturated rings. The summed E-state index contributed by atoms with van der Waals surface area (Å²) in [5, 5.41) is 7.95. The number of rotatable bonds is 0. The lowest BCUT2D eigenvalue weighted by atomic mass is 10.1. The molecule has 2 heterocycles. The fourth-order valence-corrected chi connectivity index (χ4v) is 2.29. The lowest BCUT2D eigenvalue weighted by molar-refractivity contribution is 0.711. The van der Waals surface area contributed by atoms with Crippen LogP contribution in [0.4, 0.5) is 0 Å². The first kappa shape index (κ1) is 6.38. The Morgan fingerprint density at radius 3 is 2.30 bits per heavy atom. The van der Waals surface area contributed by atoms with E-state index >= 15 is 0 Å². The lowest BCUT2D eigenvalue weighted by Crippen LogP contribution is -2.16. The van der Waals surface area contributed by atoms with Crippen molar-refractivity contribution >= 4 is 11.3 Å². The van der Waals surface area contributed by atoms with Crippen LogP contribution in [0.2, 0.25) is 0 Å². The summed E-state index contributed by atoms with van der Waals surface area (Å²) in [5.74, 6) is 0. The fourth-order valence-electron chi connectivity index (χ4n) is 1.36. The maximum absolute atomic E-state index is 3.38. The molecule has 0 atom stereocenters. The summed E-state index contributed by atoms with van der Waals surface area (Å²) in [6.45, 7) is 2.31. The van der Waals surface area contributed by atoms with Gasteiger partial charge in [-0.1, -0.05) is 0 Å². The average Bonchev–Trinajstić information content (AvgIpc) is 2.28. The van der Waals surface area contributed by atoms with E-state index in [0.717, 1.165) is 13.1 Å². The van der Waals surface area contributed by atoms with E-state index < -0.39 is 0 Å². The number of nitrogens with one attached hydrogen (secondary N) is 1. The van der Waals surface area contributed by atoms with E-state index in [0.29, 0.717) is 0 Å². The minimum Gasteiger partial charge on any atom is -0.316 e. The van der Waals surface area contributed by atoms with Crippen LogP contribution >= 0.6 is 11.3 Å². The molecule has 0 bridgehead atoms. The van der Waals surface area contributed by atoms with Gasteiger partial charge in [0, 0.05) is 0 Å². The second-order valence-electron chi connectivity index (χ2n) is 2.67. The molecule has 0 saturated carbocycles. The molecule has 1 nitrogen and oxygen atoms in total. The molecule has 1 aliphatic rings. The Hall–Kier alpha value is -0.340. The van der Waals surface area contributed by atoms with Crippen LogP contribution in [0.5, 0.6) is 0 Å². The van der Waals surface area contributed by atoms with E-state index in [1.54, 1.807) is 11.1 Å². The maximum Gasteiger partial charge on any atom is -0.000783 e. The van der Waals surface area contributed by atoms with Crippen molar-refractivity contribution in [3.8, 4) is 0 Å². The predicted molar refractivity (Wildman–Crippen MR) is 44.6 cm³/mol. The van der Waals surface area contributed by atoms with Crippen LogP contribution in [-0.4, -0.2) is 13.1 Å². The highest BCUT2D eigenvalue weighted by molar-refractivity contribution is 7.08. The van der Waals surface area contributed by atoms with Gasteiger partial charge in [0.1, 0.15) is 0 Å². The maximum atomic E-state index is 3.38. The van der Waals surface area contributed by atoms with Gasteiger partial charge >= 0.3 is 0 Å². The second kappa shape index (κ2) is 2.72. The molecule has 0 aromatic carbocycles. The Morgan fingerprint density at radius 1 is 1.10 bits per heavy atom. The number of hydrogen-bond donors (Lipinski definition) is 1. The molecule has 0 spiro atoms. The summed E-state index contributed by atoms with van der Waals surface area (Å²) in [6, 6.07) is 0. The van der Waals surface area contributed by atoms with Crippen molar-refractivity contribution in [3.63, 3.8) is 0 Å². The van der Waals surface area contributed by atoms with E-state index in [4.69, 9.17) is 0 Å². The van der Waals surface area contributed by atoms with Crippen LogP contribution in [0.1, 0.15) is 11.1 Å². The first-order valence-corrected chi connectivity index (χ1v) is 4.66. The zero-order valence-electron chi connectivity index (χ0n) is 5.89. The molecule has 1 aliphatic heterocycles. The molecule has 10 heavy (non-hydrogen) atoms. The van der Waals surface area contributed by atoms with Crippen LogP contribution in [0.3, 0.4) is 0 Å². The van der Waals surface area contributed by atoms with Crippen LogP contribution in [0.25, 0.3) is 0 Å². The SMILES string of the molecule is c1scc2c1CCNCC2. The Morgan fingerprint density at radius 2 is 1.70 bits per heavy atom. The molecule has 0 amide bonds. The van der Waals surface area contributed by atoms with Gasteiger partial charge in [0.15, 0.2) is 0 Å². The third-order valence-corrected chi connectivity index (χ3v) is 2.82. The smallest absolute Gasteiger partial charge is 0.000783 e. The standard InChI is InChI=1S/C8H11NS/c1-3-9-4-2-8-6-10-5-7(1)8/h5-6,9H,1-4H2. The van der Waals surface area contributed by atoms with Gasteiger partial charge in [-0.05, 0) is 47.8 Å². The molecule has 1 aromatic heterocycles. The largest absolute Gasteiger partial charge is 0.316 e. The molecule has 0 unspecified atom stereocenters. The summed E-state index contributed by atoms with van der Waals surface area (Å²) in [4.78, 5) is 0. The zero-order chi connectivity index (χ0) is 6.81. The Kier molecular flexibility index (Phi) is 1.74. The van der Waals surface area contributed by atoms with Gasteiger partial charge in [0.05, 0.1) is 0 Å². The number of fused-ring (bicyclic) bond motifs is 1. The zero-order valence-corrected chi connectivity index (χ0v) is 6.71. The van der Waals surface area contributed by atoms with Crippen molar-refractivity contribution in [3.05, 3.63) is 21.9 Å². The first-order chi connectivity index (χ1) is 4.97. The minimum absolute atomic E-state index is 1.16. The third kappa shape index (κ3) is 1.09. The highest BCUT2D eigenvalue weighted by Crippen LogP contribution is 2.17. The van der Waals surface area contributed by atoms with E-state index in [1.165, 1.54) is 12.8 Å². The third-order valence-electron chi connectivity index (χ3n) is 1.98. The van der Waals surface area contributed by atoms with Crippen molar-refractivity contribution in [2.45, 2.75) is 12.8 Å².